The molecule has 2 aromatic rings. The molecule has 1 aromatic carbocycles. The minimum absolute atomic E-state index is 0.000600. The lowest BCUT2D eigenvalue weighted by atomic mass is 9.90. The molecule has 2 N–H and O–H groups in total. The third-order valence-corrected chi connectivity index (χ3v) is 3.97. The number of amides is 1. The van der Waals surface area contributed by atoms with E-state index in [9.17, 15) is 24.5 Å². The fourth-order valence-electron chi connectivity index (χ4n) is 2.73. The Bertz CT molecular complexity index is 857. The van der Waals surface area contributed by atoms with E-state index in [1.165, 1.54) is 24.4 Å². The molecule has 0 radical (unpaired) electrons. The molecule has 2 rings (SSSR count). The number of carbonyl (C=O) groups is 3. The molecular formula is C17H19N3O7. The highest BCUT2D eigenvalue weighted by Crippen LogP contribution is 2.27. The van der Waals surface area contributed by atoms with Gasteiger partial charge in [-0.1, -0.05) is 0 Å². The number of esters is 2. The number of hydrogen-bond donors (Lipinski definition) is 2. The number of aromatic nitrogens is 1. The molecule has 10 heteroatoms. The molecule has 27 heavy (non-hydrogen) atoms. The highest BCUT2D eigenvalue weighted by Gasteiger charge is 2.49. The summed E-state index contributed by atoms with van der Waals surface area (Å²) in [5.41, 5.74) is -1.24. The maximum absolute atomic E-state index is 12.5. The maximum atomic E-state index is 12.5. The number of ether oxygens (including phenoxy) is 2. The zero-order chi connectivity index (χ0) is 20.0. The Morgan fingerprint density at radius 1 is 1.26 bits per heavy atom. The quantitative estimate of drug-likeness (QED) is 0.220. The lowest BCUT2D eigenvalue weighted by Gasteiger charge is -2.28. The lowest BCUT2D eigenvalue weighted by molar-refractivity contribution is -0.384. The van der Waals surface area contributed by atoms with Crippen molar-refractivity contribution in [3.05, 3.63) is 40.1 Å². The van der Waals surface area contributed by atoms with E-state index in [0.717, 1.165) is 0 Å². The molecule has 1 heterocycles. The van der Waals surface area contributed by atoms with Crippen LogP contribution in [0.4, 0.5) is 5.69 Å². The van der Waals surface area contributed by atoms with Crippen LogP contribution in [0.25, 0.3) is 10.9 Å². The molecule has 0 spiro atoms. The number of nitro groups is 1. The molecular weight excluding hydrogens is 358 g/mol. The van der Waals surface area contributed by atoms with E-state index in [1.807, 2.05) is 0 Å². The predicted octanol–water partition coefficient (Wildman–Crippen LogP) is 1.23. The van der Waals surface area contributed by atoms with Gasteiger partial charge in [0.1, 0.15) is 0 Å². The number of H-pyrrole nitrogens is 1. The minimum Gasteiger partial charge on any atom is -0.464 e. The van der Waals surface area contributed by atoms with E-state index in [1.54, 1.807) is 13.8 Å². The summed E-state index contributed by atoms with van der Waals surface area (Å²) in [5, 5.41) is 13.7. The van der Waals surface area contributed by atoms with Crippen LogP contribution in [0.2, 0.25) is 0 Å². The highest BCUT2D eigenvalue weighted by molar-refractivity contribution is 6.07. The van der Waals surface area contributed by atoms with Gasteiger partial charge in [-0.05, 0) is 25.5 Å². The van der Waals surface area contributed by atoms with Crippen molar-refractivity contribution < 1.29 is 28.8 Å². The van der Waals surface area contributed by atoms with Gasteiger partial charge >= 0.3 is 11.9 Å². The number of nitro benzene ring substituents is 1. The number of benzene rings is 1. The maximum Gasteiger partial charge on any atom is 0.344 e. The molecule has 0 aliphatic rings. The molecule has 1 amide bonds. The van der Waals surface area contributed by atoms with E-state index in [2.05, 4.69) is 10.3 Å². The SMILES string of the molecule is CCOC(=O)C(Cc1c[nH]c2cc([N+](=O)[O-])ccc12)(NC=O)C(=O)OCC. The number of non-ortho nitro benzene ring substituents is 1. The van der Waals surface area contributed by atoms with E-state index < -0.39 is 22.4 Å². The van der Waals surface area contributed by atoms with Crippen LogP contribution in [0, 0.1) is 10.1 Å². The molecule has 1 aromatic heterocycles. The third-order valence-electron chi connectivity index (χ3n) is 3.97. The van der Waals surface area contributed by atoms with E-state index >= 15 is 0 Å². The molecule has 0 fully saturated rings. The largest absolute Gasteiger partial charge is 0.464 e. The summed E-state index contributed by atoms with van der Waals surface area (Å²) in [5.74, 6) is -1.90. The van der Waals surface area contributed by atoms with E-state index in [-0.39, 0.29) is 31.7 Å². The summed E-state index contributed by atoms with van der Waals surface area (Å²) < 4.78 is 9.96. The molecule has 0 aliphatic carbocycles. The van der Waals surface area contributed by atoms with Gasteiger partial charge in [-0.2, -0.15) is 0 Å². The first-order chi connectivity index (χ1) is 12.9. The van der Waals surface area contributed by atoms with Gasteiger partial charge in [0.2, 0.25) is 11.9 Å². The zero-order valence-electron chi connectivity index (χ0n) is 14.8. The Balaban J connectivity index is 2.52. The Morgan fingerprint density at radius 2 is 1.89 bits per heavy atom. The molecule has 0 atom stereocenters. The van der Waals surface area contributed by atoms with Gasteiger partial charge in [-0.25, -0.2) is 9.59 Å². The Labute approximate surface area is 154 Å². The van der Waals surface area contributed by atoms with Gasteiger partial charge in [0.05, 0.1) is 23.7 Å². The number of aromatic amines is 1. The minimum atomic E-state index is -2.06. The zero-order valence-corrected chi connectivity index (χ0v) is 14.8. The standard InChI is InChI=1S/C17H19N3O7/c1-3-26-15(22)17(19-10-21,16(23)27-4-2)8-11-9-18-14-7-12(20(24)25)5-6-13(11)14/h5-7,9-10,18H,3-4,8H2,1-2H3,(H,19,21). The van der Waals surface area contributed by atoms with Crippen LogP contribution < -0.4 is 5.32 Å². The van der Waals surface area contributed by atoms with Crippen LogP contribution in [0.15, 0.2) is 24.4 Å². The Kier molecular flexibility index (Phi) is 6.11. The average molecular weight is 377 g/mol. The monoisotopic (exact) mass is 377 g/mol. The molecule has 0 aliphatic heterocycles. The van der Waals surface area contributed by atoms with Crippen LogP contribution in [-0.4, -0.2) is 47.0 Å². The second-order valence-corrected chi connectivity index (χ2v) is 5.59. The topological polar surface area (TPSA) is 141 Å². The van der Waals surface area contributed by atoms with Gasteiger partial charge in [0.15, 0.2) is 0 Å². The van der Waals surface area contributed by atoms with Gasteiger partial charge < -0.3 is 19.8 Å². The fourth-order valence-corrected chi connectivity index (χ4v) is 2.73. The number of fused-ring (bicyclic) bond motifs is 1. The summed E-state index contributed by atoms with van der Waals surface area (Å²) in [7, 11) is 0. The molecule has 0 unspecified atom stereocenters. The number of hydrogen-bond acceptors (Lipinski definition) is 7. The normalized spacial score (nSPS) is 11.0. The number of rotatable bonds is 9. The van der Waals surface area contributed by atoms with Crippen molar-refractivity contribution in [1.82, 2.24) is 10.3 Å². The molecule has 144 valence electrons. The number of nitrogens with one attached hydrogen (secondary N) is 2. The first kappa shape index (κ1) is 19.9. The molecule has 0 bridgehead atoms. The van der Waals surface area contributed by atoms with Gasteiger partial charge in [0, 0.05) is 30.1 Å². The summed E-state index contributed by atoms with van der Waals surface area (Å²) in [6.45, 7) is 3.14. The smallest absolute Gasteiger partial charge is 0.344 e. The molecule has 0 saturated heterocycles. The van der Waals surface area contributed by atoms with Crippen molar-refractivity contribution in [3.63, 3.8) is 0 Å². The van der Waals surface area contributed by atoms with Gasteiger partial charge in [0.25, 0.3) is 5.69 Å². The summed E-state index contributed by atoms with van der Waals surface area (Å²) >= 11 is 0. The first-order valence-corrected chi connectivity index (χ1v) is 8.19. The van der Waals surface area contributed by atoms with Crippen molar-refractivity contribution in [1.29, 1.82) is 0 Å². The van der Waals surface area contributed by atoms with Crippen molar-refractivity contribution in [2.45, 2.75) is 25.8 Å². The van der Waals surface area contributed by atoms with Crippen molar-refractivity contribution in [2.24, 2.45) is 0 Å². The second-order valence-electron chi connectivity index (χ2n) is 5.59. The summed E-state index contributed by atoms with van der Waals surface area (Å²) in [4.78, 5) is 49.4. The number of carbonyl (C=O) groups excluding carboxylic acids is 3. The van der Waals surface area contributed by atoms with Crippen LogP contribution in [0.3, 0.4) is 0 Å². The van der Waals surface area contributed by atoms with Crippen LogP contribution in [0.5, 0.6) is 0 Å². The van der Waals surface area contributed by atoms with E-state index in [0.29, 0.717) is 16.5 Å². The predicted molar refractivity (Wildman–Crippen MR) is 93.9 cm³/mol. The second kappa shape index (κ2) is 8.30. The van der Waals surface area contributed by atoms with Crippen molar-refractivity contribution in [3.8, 4) is 0 Å². The average Bonchev–Trinajstić information content (AvgIpc) is 3.03. The first-order valence-electron chi connectivity index (χ1n) is 8.19. The molecule has 0 saturated carbocycles. The van der Waals surface area contributed by atoms with Crippen molar-refractivity contribution >= 4 is 34.9 Å². The lowest BCUT2D eigenvalue weighted by Crippen LogP contribution is -2.60. The number of nitrogens with zero attached hydrogens (tertiary/aromatic N) is 1. The Morgan fingerprint density at radius 3 is 2.41 bits per heavy atom. The van der Waals surface area contributed by atoms with E-state index in [4.69, 9.17) is 9.47 Å². The fraction of sp³-hybridized carbons (Fsp3) is 0.353. The van der Waals surface area contributed by atoms with Crippen LogP contribution in [-0.2, 0) is 30.3 Å². The Hall–Kier alpha value is -3.43. The summed E-state index contributed by atoms with van der Waals surface area (Å²) in [6.07, 6.45) is 1.49. The van der Waals surface area contributed by atoms with Crippen LogP contribution >= 0.6 is 0 Å². The third kappa shape index (κ3) is 3.89. The summed E-state index contributed by atoms with van der Waals surface area (Å²) in [6, 6.07) is 4.15. The molecule has 10 nitrogen and oxygen atoms in total. The van der Waals surface area contributed by atoms with Gasteiger partial charge in [-0.3, -0.25) is 14.9 Å². The highest BCUT2D eigenvalue weighted by atomic mass is 16.6. The van der Waals surface area contributed by atoms with Crippen LogP contribution in [0.1, 0.15) is 19.4 Å². The van der Waals surface area contributed by atoms with Crippen molar-refractivity contribution in [2.75, 3.05) is 13.2 Å². The van der Waals surface area contributed by atoms with Gasteiger partial charge in [-0.15, -0.1) is 0 Å².